The Balaban J connectivity index is 4.05. The van der Waals surface area contributed by atoms with Crippen molar-refractivity contribution in [1.82, 2.24) is 0 Å². The molecule has 0 spiro atoms. The van der Waals surface area contributed by atoms with Crippen LogP contribution in [0.3, 0.4) is 0 Å². The van der Waals surface area contributed by atoms with Gasteiger partial charge in [-0.05, 0) is 11.8 Å². The minimum absolute atomic E-state index is 0.0162. The molecule has 0 N–H and O–H groups in total. The first-order valence-electron chi connectivity index (χ1n) is 4.65. The molecule has 0 aromatic heterocycles. The zero-order valence-corrected chi connectivity index (χ0v) is 8.70. The third kappa shape index (κ3) is 3.51. The summed E-state index contributed by atoms with van der Waals surface area (Å²) in [5.74, 6) is -2.60. The molecule has 0 saturated heterocycles. The number of hydrogen-bond acceptors (Lipinski definition) is 0. The van der Waals surface area contributed by atoms with Crippen molar-refractivity contribution in [3.05, 3.63) is 0 Å². The van der Waals surface area contributed by atoms with Crippen LogP contribution in [0.5, 0.6) is 0 Å². The summed E-state index contributed by atoms with van der Waals surface area (Å²) in [6.07, 6.45) is 0.0162. The quantitative estimate of drug-likeness (QED) is 0.611. The van der Waals surface area contributed by atoms with E-state index < -0.39 is 11.8 Å². The van der Waals surface area contributed by atoms with Gasteiger partial charge in [0, 0.05) is 12.3 Å². The average molecular weight is 178 g/mol. The highest BCUT2D eigenvalue weighted by molar-refractivity contribution is 4.74. The fourth-order valence-electron chi connectivity index (χ4n) is 0.901. The van der Waals surface area contributed by atoms with Crippen molar-refractivity contribution in [2.45, 2.75) is 47.0 Å². The maximum absolute atomic E-state index is 13.2. The summed E-state index contributed by atoms with van der Waals surface area (Å²) >= 11 is 0. The zero-order valence-electron chi connectivity index (χ0n) is 8.70. The third-order valence-electron chi connectivity index (χ3n) is 2.58. The minimum atomic E-state index is -2.50. The van der Waals surface area contributed by atoms with Crippen LogP contribution in [-0.4, -0.2) is 5.92 Å². The van der Waals surface area contributed by atoms with Gasteiger partial charge in [-0.2, -0.15) is 0 Å². The number of rotatable bonds is 4. The van der Waals surface area contributed by atoms with Gasteiger partial charge in [-0.15, -0.1) is 0 Å². The lowest BCUT2D eigenvalue weighted by atomic mass is 9.88. The molecule has 0 aliphatic carbocycles. The number of alkyl halides is 2. The lowest BCUT2D eigenvalue weighted by Gasteiger charge is -2.25. The molecule has 0 amide bonds. The van der Waals surface area contributed by atoms with Gasteiger partial charge in [0.05, 0.1) is 0 Å². The molecule has 12 heavy (non-hydrogen) atoms. The van der Waals surface area contributed by atoms with Crippen LogP contribution < -0.4 is 0 Å². The van der Waals surface area contributed by atoms with Crippen molar-refractivity contribution in [1.29, 1.82) is 0 Å². The molecule has 0 rings (SSSR count). The SMILES string of the molecule is CC(C)[C@@H](C)CC(F)(F)C(C)C. The highest BCUT2D eigenvalue weighted by Crippen LogP contribution is 2.33. The van der Waals surface area contributed by atoms with Gasteiger partial charge in [-0.3, -0.25) is 0 Å². The molecule has 2 heteroatoms. The maximum Gasteiger partial charge on any atom is 0.250 e. The molecule has 0 aliphatic rings. The lowest BCUT2D eigenvalue weighted by molar-refractivity contribution is -0.0676. The molecule has 0 fully saturated rings. The second-order valence-electron chi connectivity index (χ2n) is 4.34. The molecule has 0 saturated carbocycles. The predicted octanol–water partition coefficient (Wildman–Crippen LogP) is 3.96. The summed E-state index contributed by atoms with van der Waals surface area (Å²) in [6, 6.07) is 0. The van der Waals surface area contributed by atoms with E-state index in [1.165, 1.54) is 0 Å². The van der Waals surface area contributed by atoms with Crippen molar-refractivity contribution in [3.8, 4) is 0 Å². The molecular weight excluding hydrogens is 158 g/mol. The first-order valence-corrected chi connectivity index (χ1v) is 4.65. The van der Waals surface area contributed by atoms with E-state index in [1.807, 2.05) is 20.8 Å². The van der Waals surface area contributed by atoms with Crippen LogP contribution >= 0.6 is 0 Å². The van der Waals surface area contributed by atoms with Crippen LogP contribution in [0.15, 0.2) is 0 Å². The van der Waals surface area contributed by atoms with Crippen molar-refractivity contribution >= 4 is 0 Å². The highest BCUT2D eigenvalue weighted by atomic mass is 19.3. The summed E-state index contributed by atoms with van der Waals surface area (Å²) < 4.78 is 26.3. The normalized spacial score (nSPS) is 15.8. The van der Waals surface area contributed by atoms with Crippen molar-refractivity contribution in [3.63, 3.8) is 0 Å². The molecule has 0 aliphatic heterocycles. The minimum Gasteiger partial charge on any atom is -0.207 e. The van der Waals surface area contributed by atoms with E-state index in [0.717, 1.165) is 0 Å². The number of halogens is 2. The fourth-order valence-corrected chi connectivity index (χ4v) is 0.901. The van der Waals surface area contributed by atoms with Crippen LogP contribution in [0.2, 0.25) is 0 Å². The molecule has 0 unspecified atom stereocenters. The van der Waals surface area contributed by atoms with Gasteiger partial charge in [0.15, 0.2) is 0 Å². The summed E-state index contributed by atoms with van der Waals surface area (Å²) in [6.45, 7) is 9.02. The highest BCUT2D eigenvalue weighted by Gasteiger charge is 2.35. The van der Waals surface area contributed by atoms with Crippen LogP contribution in [-0.2, 0) is 0 Å². The van der Waals surface area contributed by atoms with Gasteiger partial charge < -0.3 is 0 Å². The topological polar surface area (TPSA) is 0 Å². The second kappa shape index (κ2) is 4.20. The first-order chi connectivity index (χ1) is 5.27. The van der Waals surface area contributed by atoms with Gasteiger partial charge >= 0.3 is 0 Å². The third-order valence-corrected chi connectivity index (χ3v) is 2.58. The zero-order chi connectivity index (χ0) is 9.94. The van der Waals surface area contributed by atoms with Gasteiger partial charge in [0.2, 0.25) is 0 Å². The molecule has 0 heterocycles. The smallest absolute Gasteiger partial charge is 0.207 e. The van der Waals surface area contributed by atoms with E-state index in [9.17, 15) is 8.78 Å². The number of hydrogen-bond donors (Lipinski definition) is 0. The Kier molecular flexibility index (Phi) is 4.15. The molecule has 0 nitrogen and oxygen atoms in total. The van der Waals surface area contributed by atoms with E-state index in [0.29, 0.717) is 5.92 Å². The fraction of sp³-hybridized carbons (Fsp3) is 1.00. The molecular formula is C10H20F2. The molecule has 0 aromatic rings. The van der Waals surface area contributed by atoms with Crippen molar-refractivity contribution < 1.29 is 8.78 Å². The molecule has 74 valence electrons. The monoisotopic (exact) mass is 178 g/mol. The Morgan fingerprint density at radius 2 is 1.42 bits per heavy atom. The van der Waals surface area contributed by atoms with Crippen molar-refractivity contribution in [2.24, 2.45) is 17.8 Å². The summed E-state index contributed by atoms with van der Waals surface area (Å²) in [4.78, 5) is 0. The van der Waals surface area contributed by atoms with Gasteiger partial charge in [-0.25, -0.2) is 8.78 Å². The molecule has 0 bridgehead atoms. The standard InChI is InChI=1S/C10H20F2/c1-7(2)9(5)6-10(11,12)8(3)4/h7-9H,6H2,1-5H3/t9-/m0/s1. The summed E-state index contributed by atoms with van der Waals surface area (Å²) in [5.41, 5.74) is 0. The molecule has 0 aromatic carbocycles. The molecule has 0 radical (unpaired) electrons. The lowest BCUT2D eigenvalue weighted by Crippen LogP contribution is -2.27. The Labute approximate surface area is 74.4 Å². The van der Waals surface area contributed by atoms with E-state index in [4.69, 9.17) is 0 Å². The van der Waals surface area contributed by atoms with Crippen LogP contribution in [0.4, 0.5) is 8.78 Å². The van der Waals surface area contributed by atoms with E-state index in [-0.39, 0.29) is 12.3 Å². The maximum atomic E-state index is 13.2. The summed E-state index contributed by atoms with van der Waals surface area (Å²) in [5, 5.41) is 0. The Hall–Kier alpha value is -0.140. The summed E-state index contributed by atoms with van der Waals surface area (Å²) in [7, 11) is 0. The van der Waals surface area contributed by atoms with Crippen LogP contribution in [0, 0.1) is 17.8 Å². The van der Waals surface area contributed by atoms with E-state index in [1.54, 1.807) is 13.8 Å². The Morgan fingerprint density at radius 3 is 1.67 bits per heavy atom. The van der Waals surface area contributed by atoms with Crippen LogP contribution in [0.25, 0.3) is 0 Å². The van der Waals surface area contributed by atoms with Gasteiger partial charge in [0.1, 0.15) is 0 Å². The second-order valence-corrected chi connectivity index (χ2v) is 4.34. The van der Waals surface area contributed by atoms with Crippen molar-refractivity contribution in [2.75, 3.05) is 0 Å². The first kappa shape index (κ1) is 11.9. The predicted molar refractivity (Wildman–Crippen MR) is 48.4 cm³/mol. The van der Waals surface area contributed by atoms with E-state index >= 15 is 0 Å². The van der Waals surface area contributed by atoms with Crippen LogP contribution in [0.1, 0.15) is 41.0 Å². The average Bonchev–Trinajstić information content (AvgIpc) is 1.85. The van der Waals surface area contributed by atoms with Gasteiger partial charge in [-0.1, -0.05) is 34.6 Å². The van der Waals surface area contributed by atoms with E-state index in [2.05, 4.69) is 0 Å². The van der Waals surface area contributed by atoms with Gasteiger partial charge in [0.25, 0.3) is 5.92 Å². The molecule has 1 atom stereocenters. The Bertz CT molecular complexity index is 128. The largest absolute Gasteiger partial charge is 0.250 e. The Morgan fingerprint density at radius 1 is 1.00 bits per heavy atom.